The Hall–Kier alpha value is -1.37. The number of hydrogen-bond donors (Lipinski definition) is 0. The second-order valence-electron chi connectivity index (χ2n) is 7.19. The van der Waals surface area contributed by atoms with Gasteiger partial charge in [-0.1, -0.05) is 12.1 Å². The highest BCUT2D eigenvalue weighted by molar-refractivity contribution is 7.98. The zero-order valence-corrected chi connectivity index (χ0v) is 16.6. The Morgan fingerprint density at radius 1 is 1.20 bits per heavy atom. The molecule has 136 valence electrons. The normalized spacial score (nSPS) is 18.8. The lowest BCUT2D eigenvalue weighted by Crippen LogP contribution is -2.34. The van der Waals surface area contributed by atoms with E-state index in [0.29, 0.717) is 5.92 Å². The van der Waals surface area contributed by atoms with E-state index in [1.165, 1.54) is 29.8 Å². The van der Waals surface area contributed by atoms with Crippen LogP contribution in [0.1, 0.15) is 36.0 Å². The van der Waals surface area contributed by atoms with Gasteiger partial charge in [0.1, 0.15) is 11.6 Å². The van der Waals surface area contributed by atoms with Crippen LogP contribution in [0.25, 0.3) is 0 Å². The van der Waals surface area contributed by atoms with Crippen LogP contribution in [0, 0.1) is 0 Å². The van der Waals surface area contributed by atoms with Crippen molar-refractivity contribution in [2.75, 3.05) is 33.4 Å². The molecule has 25 heavy (non-hydrogen) atoms. The molecule has 1 atom stereocenters. The second kappa shape index (κ2) is 8.34. The summed E-state index contributed by atoms with van der Waals surface area (Å²) in [7, 11) is 6.24. The van der Waals surface area contributed by atoms with E-state index in [0.717, 1.165) is 31.3 Å². The lowest BCUT2D eigenvalue weighted by Gasteiger charge is -2.32. The molecule has 5 nitrogen and oxygen atoms in total. The van der Waals surface area contributed by atoms with Gasteiger partial charge < -0.3 is 9.47 Å². The number of nitrogens with zero attached hydrogens (tertiary/aromatic N) is 5. The number of piperidine rings is 1. The molecule has 1 aromatic heterocycles. The molecular formula is C19H29N5S. The highest BCUT2D eigenvalue weighted by Gasteiger charge is 2.26. The molecule has 0 saturated carbocycles. The van der Waals surface area contributed by atoms with Crippen molar-refractivity contribution in [1.82, 2.24) is 24.6 Å². The van der Waals surface area contributed by atoms with Gasteiger partial charge in [0.2, 0.25) is 0 Å². The number of rotatable bonds is 6. The van der Waals surface area contributed by atoms with Gasteiger partial charge in [0.25, 0.3) is 0 Å². The first-order chi connectivity index (χ1) is 12.1. The number of benzene rings is 1. The zero-order valence-electron chi connectivity index (χ0n) is 15.8. The van der Waals surface area contributed by atoms with Gasteiger partial charge in [-0.3, -0.25) is 4.90 Å². The summed E-state index contributed by atoms with van der Waals surface area (Å²) >= 11 is 1.79. The largest absolute Gasteiger partial charge is 0.317 e. The first-order valence-corrected chi connectivity index (χ1v) is 10.2. The van der Waals surface area contributed by atoms with Crippen molar-refractivity contribution in [3.63, 3.8) is 0 Å². The molecule has 1 aliphatic rings. The fraction of sp³-hybridized carbons (Fsp3) is 0.579. The smallest absolute Gasteiger partial charge is 0.146 e. The van der Waals surface area contributed by atoms with E-state index in [2.05, 4.69) is 76.2 Å². The summed E-state index contributed by atoms with van der Waals surface area (Å²) in [4.78, 5) is 6.02. The minimum Gasteiger partial charge on any atom is -0.317 e. The lowest BCUT2D eigenvalue weighted by molar-refractivity contribution is 0.195. The highest BCUT2D eigenvalue weighted by Crippen LogP contribution is 2.27. The Kier molecular flexibility index (Phi) is 6.15. The molecule has 1 aliphatic heterocycles. The van der Waals surface area contributed by atoms with E-state index in [9.17, 15) is 0 Å². The van der Waals surface area contributed by atoms with Gasteiger partial charge in [0.15, 0.2) is 0 Å². The Balaban J connectivity index is 1.65. The fourth-order valence-electron chi connectivity index (χ4n) is 3.55. The highest BCUT2D eigenvalue weighted by atomic mass is 32.2. The maximum atomic E-state index is 4.51. The summed E-state index contributed by atoms with van der Waals surface area (Å²) in [5, 5.41) is 8.92. The van der Waals surface area contributed by atoms with Gasteiger partial charge in [-0.15, -0.1) is 22.0 Å². The third-order valence-electron chi connectivity index (χ3n) is 4.89. The van der Waals surface area contributed by atoms with E-state index in [1.807, 2.05) is 0 Å². The van der Waals surface area contributed by atoms with Crippen LogP contribution < -0.4 is 0 Å². The number of hydrogen-bond acceptors (Lipinski definition) is 5. The van der Waals surface area contributed by atoms with E-state index in [1.54, 1.807) is 11.8 Å². The van der Waals surface area contributed by atoms with E-state index in [-0.39, 0.29) is 0 Å². The second-order valence-corrected chi connectivity index (χ2v) is 8.07. The van der Waals surface area contributed by atoms with Crippen molar-refractivity contribution in [3.8, 4) is 0 Å². The molecule has 1 fully saturated rings. The minimum absolute atomic E-state index is 0.479. The van der Waals surface area contributed by atoms with Gasteiger partial charge in [-0.2, -0.15) is 0 Å². The first kappa shape index (κ1) is 18.4. The van der Waals surface area contributed by atoms with Crippen molar-refractivity contribution in [1.29, 1.82) is 0 Å². The summed E-state index contributed by atoms with van der Waals surface area (Å²) in [6, 6.07) is 8.95. The fourth-order valence-corrected chi connectivity index (χ4v) is 3.96. The Morgan fingerprint density at radius 2 is 1.96 bits per heavy atom. The average Bonchev–Trinajstić information content (AvgIpc) is 2.96. The van der Waals surface area contributed by atoms with Crippen LogP contribution in [0.3, 0.4) is 0 Å². The Morgan fingerprint density at radius 3 is 2.64 bits per heavy atom. The van der Waals surface area contributed by atoms with Gasteiger partial charge in [0.05, 0.1) is 6.54 Å². The molecule has 2 aromatic rings. The van der Waals surface area contributed by atoms with Crippen molar-refractivity contribution < 1.29 is 0 Å². The van der Waals surface area contributed by atoms with Crippen LogP contribution in [0.5, 0.6) is 0 Å². The monoisotopic (exact) mass is 359 g/mol. The van der Waals surface area contributed by atoms with Gasteiger partial charge >= 0.3 is 0 Å². The summed E-state index contributed by atoms with van der Waals surface area (Å²) in [6.45, 7) is 4.09. The molecule has 1 saturated heterocycles. The molecule has 2 heterocycles. The molecule has 6 heteroatoms. The molecule has 3 rings (SSSR count). The molecule has 0 radical (unpaired) electrons. The van der Waals surface area contributed by atoms with E-state index < -0.39 is 0 Å². The van der Waals surface area contributed by atoms with Gasteiger partial charge in [-0.05, 0) is 57.4 Å². The zero-order chi connectivity index (χ0) is 17.8. The predicted octanol–water partition coefficient (Wildman–Crippen LogP) is 2.98. The summed E-state index contributed by atoms with van der Waals surface area (Å²) in [6.07, 6.45) is 4.55. The van der Waals surface area contributed by atoms with Crippen LogP contribution in [-0.2, 0) is 20.1 Å². The number of thioether (sulfide) groups is 1. The predicted molar refractivity (Wildman–Crippen MR) is 104 cm³/mol. The van der Waals surface area contributed by atoms with Crippen LogP contribution in [0.4, 0.5) is 0 Å². The molecular weight excluding hydrogens is 330 g/mol. The third kappa shape index (κ3) is 4.63. The maximum Gasteiger partial charge on any atom is 0.146 e. The maximum absolute atomic E-state index is 4.51. The minimum atomic E-state index is 0.479. The van der Waals surface area contributed by atoms with Crippen molar-refractivity contribution in [2.45, 2.75) is 36.7 Å². The lowest BCUT2D eigenvalue weighted by atomic mass is 9.96. The van der Waals surface area contributed by atoms with Crippen molar-refractivity contribution >= 4 is 11.8 Å². The van der Waals surface area contributed by atoms with Crippen LogP contribution in [-0.4, -0.2) is 58.0 Å². The van der Waals surface area contributed by atoms with Gasteiger partial charge in [-0.25, -0.2) is 0 Å². The number of likely N-dealkylation sites (tertiary alicyclic amines) is 1. The van der Waals surface area contributed by atoms with Crippen molar-refractivity contribution in [2.24, 2.45) is 7.05 Å². The van der Waals surface area contributed by atoms with Crippen LogP contribution in [0.2, 0.25) is 0 Å². The molecule has 0 spiro atoms. The topological polar surface area (TPSA) is 37.2 Å². The third-order valence-corrected chi connectivity index (χ3v) is 5.64. The molecule has 0 amide bonds. The molecule has 0 unspecified atom stereocenters. The van der Waals surface area contributed by atoms with Gasteiger partial charge in [0, 0.05) is 31.0 Å². The van der Waals surface area contributed by atoms with E-state index >= 15 is 0 Å². The average molecular weight is 360 g/mol. The van der Waals surface area contributed by atoms with Crippen LogP contribution in [0.15, 0.2) is 29.2 Å². The number of aromatic nitrogens is 3. The first-order valence-electron chi connectivity index (χ1n) is 8.95. The van der Waals surface area contributed by atoms with Crippen LogP contribution >= 0.6 is 11.8 Å². The molecule has 1 aromatic carbocycles. The molecule has 0 bridgehead atoms. The van der Waals surface area contributed by atoms with Crippen molar-refractivity contribution in [3.05, 3.63) is 41.5 Å². The quantitative estimate of drug-likeness (QED) is 0.741. The summed E-state index contributed by atoms with van der Waals surface area (Å²) in [5.74, 6) is 2.66. The Bertz CT molecular complexity index is 680. The summed E-state index contributed by atoms with van der Waals surface area (Å²) < 4.78 is 2.20. The summed E-state index contributed by atoms with van der Waals surface area (Å²) in [5.41, 5.74) is 1.39. The van der Waals surface area contributed by atoms with E-state index in [4.69, 9.17) is 0 Å². The standard InChI is InChI=1S/C19H29N5S/c1-22(2)14-18-20-21-19(23(18)3)16-6-5-11-24(13-16)12-15-7-9-17(25-4)10-8-15/h7-10,16H,5-6,11-14H2,1-4H3/t16-/m1/s1. The Labute approximate surface area is 155 Å². The molecule has 0 aliphatic carbocycles. The SMILES string of the molecule is CSc1ccc(CN2CCC[C@@H](c3nnc(CN(C)C)n3C)C2)cc1. The molecule has 0 N–H and O–H groups in total.